The van der Waals surface area contributed by atoms with Crippen LogP contribution in [-0.2, 0) is 9.59 Å². The van der Waals surface area contributed by atoms with Crippen LogP contribution in [0.25, 0.3) is 0 Å². The van der Waals surface area contributed by atoms with E-state index >= 15 is 0 Å². The van der Waals surface area contributed by atoms with Crippen molar-refractivity contribution in [1.82, 2.24) is 5.32 Å². The van der Waals surface area contributed by atoms with Crippen molar-refractivity contribution in [3.8, 4) is 0 Å². The molecule has 1 aliphatic heterocycles. The van der Waals surface area contributed by atoms with Crippen LogP contribution in [0.2, 0.25) is 0 Å². The summed E-state index contributed by atoms with van der Waals surface area (Å²) in [7, 11) is 0. The molecule has 1 saturated heterocycles. The third kappa shape index (κ3) is 3.21. The summed E-state index contributed by atoms with van der Waals surface area (Å²) >= 11 is 0. The second kappa shape index (κ2) is 6.22. The Labute approximate surface area is 123 Å². The van der Waals surface area contributed by atoms with Crippen molar-refractivity contribution in [1.29, 1.82) is 0 Å². The third-order valence-corrected chi connectivity index (χ3v) is 3.87. The molecule has 0 bridgehead atoms. The fourth-order valence-corrected chi connectivity index (χ4v) is 2.27. The summed E-state index contributed by atoms with van der Waals surface area (Å²) in [4.78, 5) is 25.6. The molecule has 0 radical (unpaired) electrons. The number of amides is 2. The summed E-state index contributed by atoms with van der Waals surface area (Å²) in [5, 5.41) is 2.70. The van der Waals surface area contributed by atoms with Crippen LogP contribution in [0.5, 0.6) is 0 Å². The van der Waals surface area contributed by atoms with Crippen molar-refractivity contribution < 1.29 is 14.0 Å². The maximum Gasteiger partial charge on any atom is 0.249 e. The van der Waals surface area contributed by atoms with E-state index in [2.05, 4.69) is 5.32 Å². The van der Waals surface area contributed by atoms with Gasteiger partial charge < -0.3 is 16.0 Å². The zero-order valence-electron chi connectivity index (χ0n) is 12.2. The van der Waals surface area contributed by atoms with Crippen LogP contribution >= 0.6 is 0 Å². The molecule has 1 fully saturated rings. The van der Waals surface area contributed by atoms with Crippen LogP contribution < -0.4 is 16.0 Å². The number of rotatable bonds is 4. The van der Waals surface area contributed by atoms with Gasteiger partial charge in [-0.2, -0.15) is 0 Å². The molecule has 114 valence electrons. The predicted octanol–water partition coefficient (Wildman–Crippen LogP) is 1.03. The lowest BCUT2D eigenvalue weighted by molar-refractivity contribution is -0.129. The molecular weight excluding hydrogens is 273 g/mol. The largest absolute Gasteiger partial charge is 0.344 e. The lowest BCUT2D eigenvalue weighted by atomic mass is 10.0. The van der Waals surface area contributed by atoms with E-state index in [-0.39, 0.29) is 29.5 Å². The van der Waals surface area contributed by atoms with Crippen molar-refractivity contribution in [3.05, 3.63) is 30.1 Å². The monoisotopic (exact) mass is 293 g/mol. The Morgan fingerprint density at radius 3 is 2.71 bits per heavy atom. The van der Waals surface area contributed by atoms with Gasteiger partial charge in [0, 0.05) is 18.5 Å². The molecule has 2 rings (SSSR count). The maximum absolute atomic E-state index is 13.7. The van der Waals surface area contributed by atoms with Gasteiger partial charge in [-0.05, 0) is 25.5 Å². The topological polar surface area (TPSA) is 75.4 Å². The van der Waals surface area contributed by atoms with E-state index in [0.29, 0.717) is 13.0 Å². The number of para-hydroxylation sites is 1. The van der Waals surface area contributed by atoms with E-state index in [1.165, 1.54) is 11.0 Å². The fraction of sp³-hybridized carbons (Fsp3) is 0.467. The molecule has 1 aromatic rings. The molecule has 3 N–H and O–H groups in total. The Morgan fingerprint density at radius 2 is 2.10 bits per heavy atom. The molecule has 1 aliphatic rings. The van der Waals surface area contributed by atoms with Gasteiger partial charge in [-0.1, -0.05) is 19.1 Å². The number of benzene rings is 1. The molecule has 0 aromatic heterocycles. The quantitative estimate of drug-likeness (QED) is 0.870. The second-order valence-corrected chi connectivity index (χ2v) is 5.44. The number of anilines is 1. The van der Waals surface area contributed by atoms with Gasteiger partial charge in [-0.25, -0.2) is 4.39 Å². The van der Waals surface area contributed by atoms with Gasteiger partial charge in [0.2, 0.25) is 11.8 Å². The van der Waals surface area contributed by atoms with Gasteiger partial charge in [-0.3, -0.25) is 9.59 Å². The minimum absolute atomic E-state index is 0.250. The van der Waals surface area contributed by atoms with Crippen LogP contribution in [0, 0.1) is 11.7 Å². The number of carbonyl (C=O) groups excluding carboxylic acids is 2. The average Bonchev–Trinajstić information content (AvgIpc) is 2.80. The Bertz CT molecular complexity index is 547. The summed E-state index contributed by atoms with van der Waals surface area (Å²) in [6.07, 6.45) is 0.463. The van der Waals surface area contributed by atoms with Crippen molar-refractivity contribution in [3.63, 3.8) is 0 Å². The Kier molecular flexibility index (Phi) is 4.57. The summed E-state index contributed by atoms with van der Waals surface area (Å²) in [6, 6.07) is 5.22. The molecule has 0 aliphatic carbocycles. The highest BCUT2D eigenvalue weighted by molar-refractivity contribution is 6.01. The van der Waals surface area contributed by atoms with Crippen molar-refractivity contribution in [2.24, 2.45) is 11.7 Å². The van der Waals surface area contributed by atoms with Gasteiger partial charge in [0.15, 0.2) is 0 Å². The second-order valence-electron chi connectivity index (χ2n) is 5.44. The maximum atomic E-state index is 13.7. The SMILES string of the molecule is CC(N)C(C)C(=O)NC1CCN(c2ccccc2F)C1=O. The zero-order valence-corrected chi connectivity index (χ0v) is 12.2. The van der Waals surface area contributed by atoms with Gasteiger partial charge in [-0.15, -0.1) is 0 Å². The summed E-state index contributed by atoms with van der Waals surface area (Å²) in [5.41, 5.74) is 5.93. The highest BCUT2D eigenvalue weighted by Crippen LogP contribution is 2.24. The number of nitrogens with two attached hydrogens (primary N) is 1. The highest BCUT2D eigenvalue weighted by atomic mass is 19.1. The van der Waals surface area contributed by atoms with Crippen molar-refractivity contribution in [2.45, 2.75) is 32.4 Å². The van der Waals surface area contributed by atoms with Gasteiger partial charge in [0.25, 0.3) is 0 Å². The van der Waals surface area contributed by atoms with Gasteiger partial charge in [0.1, 0.15) is 11.9 Å². The number of carbonyl (C=O) groups is 2. The lowest BCUT2D eigenvalue weighted by Gasteiger charge is -2.20. The summed E-state index contributed by atoms with van der Waals surface area (Å²) in [6.45, 7) is 3.84. The van der Waals surface area contributed by atoms with E-state index in [0.717, 1.165) is 0 Å². The minimum atomic E-state index is -0.613. The zero-order chi connectivity index (χ0) is 15.6. The number of hydrogen-bond donors (Lipinski definition) is 2. The van der Waals surface area contributed by atoms with Crippen molar-refractivity contribution >= 4 is 17.5 Å². The van der Waals surface area contributed by atoms with Crippen LogP contribution in [0.15, 0.2) is 24.3 Å². The smallest absolute Gasteiger partial charge is 0.249 e. The molecule has 3 unspecified atom stereocenters. The van der Waals surface area contributed by atoms with Crippen LogP contribution in [0.3, 0.4) is 0 Å². The van der Waals surface area contributed by atoms with E-state index in [4.69, 9.17) is 5.73 Å². The van der Waals surface area contributed by atoms with Crippen LogP contribution in [0.1, 0.15) is 20.3 Å². The number of halogens is 1. The van der Waals surface area contributed by atoms with E-state index in [9.17, 15) is 14.0 Å². The third-order valence-electron chi connectivity index (χ3n) is 3.87. The lowest BCUT2D eigenvalue weighted by Crippen LogP contribution is -2.46. The van der Waals surface area contributed by atoms with Crippen LogP contribution in [-0.4, -0.2) is 30.4 Å². The van der Waals surface area contributed by atoms with Crippen molar-refractivity contribution in [2.75, 3.05) is 11.4 Å². The van der Waals surface area contributed by atoms with Gasteiger partial charge >= 0.3 is 0 Å². The van der Waals surface area contributed by atoms with E-state index < -0.39 is 11.9 Å². The van der Waals surface area contributed by atoms with Crippen LogP contribution in [0.4, 0.5) is 10.1 Å². The Morgan fingerprint density at radius 1 is 1.43 bits per heavy atom. The molecule has 0 spiro atoms. The molecular formula is C15H20FN3O2. The minimum Gasteiger partial charge on any atom is -0.344 e. The number of nitrogens with one attached hydrogen (secondary N) is 1. The molecule has 21 heavy (non-hydrogen) atoms. The molecule has 5 nitrogen and oxygen atoms in total. The summed E-state index contributed by atoms with van der Waals surface area (Å²) in [5.74, 6) is -1.36. The van der Waals surface area contributed by atoms with E-state index in [1.54, 1.807) is 32.0 Å². The molecule has 1 aromatic carbocycles. The first kappa shape index (κ1) is 15.4. The first-order valence-corrected chi connectivity index (χ1v) is 7.03. The first-order chi connectivity index (χ1) is 9.91. The number of nitrogens with zero attached hydrogens (tertiary/aromatic N) is 1. The highest BCUT2D eigenvalue weighted by Gasteiger charge is 2.35. The number of hydrogen-bond acceptors (Lipinski definition) is 3. The van der Waals surface area contributed by atoms with Gasteiger partial charge in [0.05, 0.1) is 5.69 Å². The molecule has 0 saturated carbocycles. The molecule has 1 heterocycles. The Balaban J connectivity index is 2.06. The average molecular weight is 293 g/mol. The molecule has 6 heteroatoms. The Hall–Kier alpha value is -1.95. The standard InChI is InChI=1S/C15H20FN3O2/c1-9(10(2)17)14(20)18-12-7-8-19(15(12)21)13-6-4-3-5-11(13)16/h3-6,9-10,12H,7-8,17H2,1-2H3,(H,18,20). The predicted molar refractivity (Wildman–Crippen MR) is 78.1 cm³/mol. The molecule has 2 amide bonds. The first-order valence-electron chi connectivity index (χ1n) is 7.03. The van der Waals surface area contributed by atoms with E-state index in [1.807, 2.05) is 0 Å². The fourth-order valence-electron chi connectivity index (χ4n) is 2.27. The molecule has 3 atom stereocenters. The normalized spacial score (nSPS) is 21.2. The summed E-state index contributed by atoms with van der Waals surface area (Å²) < 4.78 is 13.7.